The Morgan fingerprint density at radius 2 is 1.82 bits per heavy atom. The lowest BCUT2D eigenvalue weighted by Crippen LogP contribution is -2.34. The minimum Gasteiger partial charge on any atom is -0.493 e. The Bertz CT molecular complexity index is 1070. The molecule has 1 aromatic carbocycles. The van der Waals surface area contributed by atoms with Gasteiger partial charge in [0.1, 0.15) is 0 Å². The number of para-hydroxylation sites is 2. The quantitative estimate of drug-likeness (QED) is 0.538. The Morgan fingerprint density at radius 1 is 0.970 bits per heavy atom. The summed E-state index contributed by atoms with van der Waals surface area (Å²) in [6, 6.07) is 9.60. The fourth-order valence-electron chi connectivity index (χ4n) is 4.64. The zero-order chi connectivity index (χ0) is 22.5. The summed E-state index contributed by atoms with van der Waals surface area (Å²) in [5, 5.41) is 0. The second-order valence-corrected chi connectivity index (χ2v) is 8.65. The molecule has 33 heavy (non-hydrogen) atoms. The predicted molar refractivity (Wildman–Crippen MR) is 126 cm³/mol. The van der Waals surface area contributed by atoms with Gasteiger partial charge in [-0.05, 0) is 50.4 Å². The normalized spacial score (nSPS) is 18.9. The first-order valence-electron chi connectivity index (χ1n) is 11.7. The van der Waals surface area contributed by atoms with Crippen molar-refractivity contribution in [2.24, 2.45) is 0 Å². The predicted octanol–water partition coefficient (Wildman–Crippen LogP) is 4.05. The molecule has 2 aromatic heterocycles. The zero-order valence-corrected chi connectivity index (χ0v) is 19.1. The largest absolute Gasteiger partial charge is 0.493 e. The maximum atomic E-state index is 5.98. The highest BCUT2D eigenvalue weighted by Crippen LogP contribution is 2.32. The van der Waals surface area contributed by atoms with E-state index in [1.165, 1.54) is 12.8 Å². The maximum absolute atomic E-state index is 5.98. The Labute approximate surface area is 194 Å². The molecule has 2 fully saturated rings. The van der Waals surface area contributed by atoms with Crippen molar-refractivity contribution >= 4 is 5.95 Å². The van der Waals surface area contributed by atoms with Gasteiger partial charge in [-0.15, -0.1) is 0 Å². The number of ether oxygens (including phenoxy) is 2. The van der Waals surface area contributed by atoms with Gasteiger partial charge in [-0.3, -0.25) is 9.88 Å². The molecule has 2 aliphatic heterocycles. The number of methoxy groups -OCH3 is 1. The van der Waals surface area contributed by atoms with E-state index in [2.05, 4.69) is 19.8 Å². The highest BCUT2D eigenvalue weighted by Gasteiger charge is 2.24. The number of anilines is 1. The van der Waals surface area contributed by atoms with Crippen molar-refractivity contribution in [1.82, 2.24) is 24.8 Å². The average molecular weight is 447 g/mol. The van der Waals surface area contributed by atoms with E-state index in [-0.39, 0.29) is 0 Å². The summed E-state index contributed by atoms with van der Waals surface area (Å²) in [5.41, 5.74) is 2.04. The number of rotatable bonds is 7. The summed E-state index contributed by atoms with van der Waals surface area (Å²) in [7, 11) is 1.63. The van der Waals surface area contributed by atoms with E-state index < -0.39 is 0 Å². The Morgan fingerprint density at radius 3 is 2.67 bits per heavy atom. The van der Waals surface area contributed by atoms with E-state index in [4.69, 9.17) is 19.4 Å². The Hall–Kier alpha value is -3.26. The van der Waals surface area contributed by atoms with E-state index in [9.17, 15) is 0 Å². The van der Waals surface area contributed by atoms with Gasteiger partial charge in [-0.25, -0.2) is 15.0 Å². The van der Waals surface area contributed by atoms with E-state index in [0.29, 0.717) is 23.3 Å². The number of hydrogen-bond donors (Lipinski definition) is 0. The van der Waals surface area contributed by atoms with Crippen molar-refractivity contribution in [2.45, 2.75) is 38.1 Å². The average Bonchev–Trinajstić information content (AvgIpc) is 3.40. The molecule has 0 spiro atoms. The summed E-state index contributed by atoms with van der Waals surface area (Å²) in [5.74, 6) is 2.97. The van der Waals surface area contributed by atoms with Gasteiger partial charge in [-0.1, -0.05) is 12.1 Å². The third-order valence-electron chi connectivity index (χ3n) is 6.31. The first-order valence-corrected chi connectivity index (χ1v) is 11.7. The molecule has 2 aliphatic rings. The number of likely N-dealkylation sites (tertiary alicyclic amines) is 1. The molecule has 5 rings (SSSR count). The van der Waals surface area contributed by atoms with Gasteiger partial charge in [-0.2, -0.15) is 0 Å². The van der Waals surface area contributed by atoms with Gasteiger partial charge in [0, 0.05) is 44.5 Å². The molecule has 0 radical (unpaired) electrons. The van der Waals surface area contributed by atoms with Crippen LogP contribution in [0.25, 0.3) is 0 Å². The standard InChI is InChI=1S/C25H30N6O2/c1-32-22-8-2-3-9-23(22)33-24-16-26-15-21(29-24)19-7-6-12-30(17-19)18-20-10-11-27-25(28-20)31-13-4-5-14-31/h2-3,8-11,15-16,19H,4-7,12-14,17-18H2,1H3. The fraction of sp³-hybridized carbons (Fsp3) is 0.440. The molecule has 4 heterocycles. The molecule has 0 saturated carbocycles. The molecular formula is C25H30N6O2. The molecule has 8 heteroatoms. The number of benzene rings is 1. The molecular weight excluding hydrogens is 416 g/mol. The van der Waals surface area contributed by atoms with Crippen LogP contribution in [-0.2, 0) is 6.54 Å². The number of piperidine rings is 1. The summed E-state index contributed by atoms with van der Waals surface area (Å²) in [4.78, 5) is 23.2. The SMILES string of the molecule is COc1ccccc1Oc1cncc(C2CCCN(Cc3ccnc(N4CCCC4)n3)C2)n1. The van der Waals surface area contributed by atoms with Gasteiger partial charge in [0.15, 0.2) is 11.5 Å². The summed E-state index contributed by atoms with van der Waals surface area (Å²) < 4.78 is 11.4. The van der Waals surface area contributed by atoms with Crippen LogP contribution in [0.1, 0.15) is 43.0 Å². The fourth-order valence-corrected chi connectivity index (χ4v) is 4.64. The van der Waals surface area contributed by atoms with Crippen LogP contribution in [-0.4, -0.2) is 58.1 Å². The molecule has 0 N–H and O–H groups in total. The van der Waals surface area contributed by atoms with Crippen molar-refractivity contribution < 1.29 is 9.47 Å². The lowest BCUT2D eigenvalue weighted by Gasteiger charge is -2.32. The van der Waals surface area contributed by atoms with Crippen molar-refractivity contribution in [3.8, 4) is 17.4 Å². The number of aromatic nitrogens is 4. The van der Waals surface area contributed by atoms with E-state index in [1.54, 1.807) is 13.3 Å². The maximum Gasteiger partial charge on any atom is 0.238 e. The summed E-state index contributed by atoms with van der Waals surface area (Å²) >= 11 is 0. The van der Waals surface area contributed by atoms with Gasteiger partial charge >= 0.3 is 0 Å². The second-order valence-electron chi connectivity index (χ2n) is 8.65. The van der Waals surface area contributed by atoms with Gasteiger partial charge in [0.25, 0.3) is 0 Å². The van der Waals surface area contributed by atoms with Crippen LogP contribution >= 0.6 is 0 Å². The smallest absolute Gasteiger partial charge is 0.238 e. The molecule has 172 valence electrons. The Kier molecular flexibility index (Phi) is 6.62. The van der Waals surface area contributed by atoms with E-state index in [1.807, 2.05) is 42.7 Å². The first kappa shape index (κ1) is 21.6. The third kappa shape index (κ3) is 5.22. The van der Waals surface area contributed by atoms with Gasteiger partial charge in [0.05, 0.1) is 24.7 Å². The highest BCUT2D eigenvalue weighted by molar-refractivity contribution is 5.41. The highest BCUT2D eigenvalue weighted by atomic mass is 16.5. The van der Waals surface area contributed by atoms with E-state index in [0.717, 1.165) is 62.9 Å². The van der Waals surface area contributed by atoms with Crippen LogP contribution in [0.4, 0.5) is 5.95 Å². The molecule has 0 bridgehead atoms. The van der Waals surface area contributed by atoms with Gasteiger partial charge in [0.2, 0.25) is 11.8 Å². The van der Waals surface area contributed by atoms with Crippen molar-refractivity contribution in [3.05, 3.63) is 60.3 Å². The minimum absolute atomic E-state index is 0.312. The van der Waals surface area contributed by atoms with Crippen LogP contribution in [0.5, 0.6) is 17.4 Å². The van der Waals surface area contributed by atoms with Crippen LogP contribution in [0.2, 0.25) is 0 Å². The molecule has 1 atom stereocenters. The Balaban J connectivity index is 1.25. The molecule has 0 aliphatic carbocycles. The first-order chi connectivity index (χ1) is 16.3. The molecule has 0 amide bonds. The van der Waals surface area contributed by atoms with Crippen LogP contribution < -0.4 is 14.4 Å². The molecule has 1 unspecified atom stereocenters. The molecule has 8 nitrogen and oxygen atoms in total. The lowest BCUT2D eigenvalue weighted by molar-refractivity contribution is 0.196. The number of hydrogen-bond acceptors (Lipinski definition) is 8. The molecule has 2 saturated heterocycles. The number of nitrogens with zero attached hydrogens (tertiary/aromatic N) is 6. The molecule has 3 aromatic rings. The zero-order valence-electron chi connectivity index (χ0n) is 19.1. The van der Waals surface area contributed by atoms with E-state index >= 15 is 0 Å². The van der Waals surface area contributed by atoms with Crippen molar-refractivity contribution in [3.63, 3.8) is 0 Å². The topological polar surface area (TPSA) is 76.5 Å². The van der Waals surface area contributed by atoms with Crippen LogP contribution in [0.3, 0.4) is 0 Å². The van der Waals surface area contributed by atoms with Crippen molar-refractivity contribution in [2.75, 3.05) is 38.2 Å². The van der Waals surface area contributed by atoms with Gasteiger partial charge < -0.3 is 14.4 Å². The summed E-state index contributed by atoms with van der Waals surface area (Å²) in [6.07, 6.45) is 10.1. The lowest BCUT2D eigenvalue weighted by atomic mass is 9.95. The third-order valence-corrected chi connectivity index (χ3v) is 6.31. The minimum atomic E-state index is 0.312. The summed E-state index contributed by atoms with van der Waals surface area (Å²) in [6.45, 7) is 4.92. The van der Waals surface area contributed by atoms with Crippen molar-refractivity contribution in [1.29, 1.82) is 0 Å². The monoisotopic (exact) mass is 446 g/mol. The van der Waals surface area contributed by atoms with Crippen LogP contribution in [0, 0.1) is 0 Å². The second kappa shape index (κ2) is 10.1. The van der Waals surface area contributed by atoms with Crippen LogP contribution in [0.15, 0.2) is 48.9 Å².